The topological polar surface area (TPSA) is 72.6 Å². The van der Waals surface area contributed by atoms with Crippen molar-refractivity contribution in [1.29, 1.82) is 0 Å². The molecule has 0 unspecified atom stereocenters. The standard InChI is InChI=1S/C15H15NO4/c1-10-3-8-15(14(9-10)16(18)19)20-13-6-4-12(5-7-13)11(2)17/h3-9,11,17H,1-2H3/t11-/m1/s1. The van der Waals surface area contributed by atoms with Crippen molar-refractivity contribution >= 4 is 5.69 Å². The lowest BCUT2D eigenvalue weighted by Crippen LogP contribution is -1.95. The van der Waals surface area contributed by atoms with Crippen molar-refractivity contribution in [3.05, 3.63) is 63.7 Å². The number of benzene rings is 2. The first-order chi connectivity index (χ1) is 9.47. The third kappa shape index (κ3) is 3.13. The van der Waals surface area contributed by atoms with Crippen molar-refractivity contribution in [2.75, 3.05) is 0 Å². The van der Waals surface area contributed by atoms with E-state index in [9.17, 15) is 15.2 Å². The lowest BCUT2D eigenvalue weighted by molar-refractivity contribution is -0.385. The molecule has 0 spiro atoms. The Hall–Kier alpha value is -2.40. The summed E-state index contributed by atoms with van der Waals surface area (Å²) in [7, 11) is 0. The van der Waals surface area contributed by atoms with Gasteiger partial charge in [-0.15, -0.1) is 0 Å². The molecule has 0 radical (unpaired) electrons. The van der Waals surface area contributed by atoms with Crippen LogP contribution in [0, 0.1) is 17.0 Å². The van der Waals surface area contributed by atoms with Crippen LogP contribution in [-0.2, 0) is 0 Å². The lowest BCUT2D eigenvalue weighted by atomic mass is 10.1. The quantitative estimate of drug-likeness (QED) is 0.680. The third-order valence-corrected chi connectivity index (χ3v) is 2.90. The van der Waals surface area contributed by atoms with Gasteiger partial charge in [0.15, 0.2) is 0 Å². The second-order valence-corrected chi connectivity index (χ2v) is 4.58. The largest absolute Gasteiger partial charge is 0.450 e. The highest BCUT2D eigenvalue weighted by atomic mass is 16.6. The zero-order valence-corrected chi connectivity index (χ0v) is 11.2. The van der Waals surface area contributed by atoms with Crippen molar-refractivity contribution in [3.63, 3.8) is 0 Å². The summed E-state index contributed by atoms with van der Waals surface area (Å²) in [4.78, 5) is 10.5. The normalized spacial score (nSPS) is 11.9. The molecule has 0 aliphatic carbocycles. The molecule has 0 fully saturated rings. The van der Waals surface area contributed by atoms with E-state index in [1.54, 1.807) is 50.2 Å². The maximum Gasteiger partial charge on any atom is 0.311 e. The summed E-state index contributed by atoms with van der Waals surface area (Å²) in [5.74, 6) is 0.687. The van der Waals surface area contributed by atoms with E-state index in [0.717, 1.165) is 11.1 Å². The fourth-order valence-corrected chi connectivity index (χ4v) is 1.80. The highest BCUT2D eigenvalue weighted by Gasteiger charge is 2.15. The van der Waals surface area contributed by atoms with Crippen molar-refractivity contribution in [2.24, 2.45) is 0 Å². The van der Waals surface area contributed by atoms with Gasteiger partial charge in [-0.3, -0.25) is 10.1 Å². The van der Waals surface area contributed by atoms with Crippen LogP contribution in [0.4, 0.5) is 5.69 Å². The van der Waals surface area contributed by atoms with E-state index in [2.05, 4.69) is 0 Å². The number of aliphatic hydroxyl groups excluding tert-OH is 1. The van der Waals surface area contributed by atoms with Crippen molar-refractivity contribution in [2.45, 2.75) is 20.0 Å². The van der Waals surface area contributed by atoms with Gasteiger partial charge in [-0.1, -0.05) is 18.2 Å². The summed E-state index contributed by atoms with van der Waals surface area (Å²) in [6, 6.07) is 11.6. The summed E-state index contributed by atoms with van der Waals surface area (Å²) >= 11 is 0. The second-order valence-electron chi connectivity index (χ2n) is 4.58. The molecule has 2 rings (SSSR count). The number of ether oxygens (including phenoxy) is 1. The van der Waals surface area contributed by atoms with Gasteiger partial charge >= 0.3 is 5.69 Å². The zero-order chi connectivity index (χ0) is 14.7. The van der Waals surface area contributed by atoms with Crippen molar-refractivity contribution in [1.82, 2.24) is 0 Å². The molecule has 0 aliphatic heterocycles. The van der Waals surface area contributed by atoms with E-state index >= 15 is 0 Å². The molecule has 0 saturated carbocycles. The molecule has 1 N–H and O–H groups in total. The van der Waals surface area contributed by atoms with E-state index in [4.69, 9.17) is 4.74 Å². The average molecular weight is 273 g/mol. The van der Waals surface area contributed by atoms with Crippen LogP contribution in [0.2, 0.25) is 0 Å². The highest BCUT2D eigenvalue weighted by molar-refractivity contribution is 5.50. The van der Waals surface area contributed by atoms with E-state index < -0.39 is 11.0 Å². The molecular formula is C15H15NO4. The number of nitro groups is 1. The van der Waals surface area contributed by atoms with Gasteiger partial charge in [0.1, 0.15) is 5.75 Å². The smallest absolute Gasteiger partial charge is 0.311 e. The molecule has 0 amide bonds. The Labute approximate surface area is 116 Å². The molecule has 0 aliphatic rings. The predicted molar refractivity (Wildman–Crippen MR) is 75.0 cm³/mol. The molecule has 0 bridgehead atoms. The number of hydrogen-bond acceptors (Lipinski definition) is 4. The number of nitrogens with zero attached hydrogens (tertiary/aromatic N) is 1. The van der Waals surface area contributed by atoms with Crippen LogP contribution in [-0.4, -0.2) is 10.0 Å². The van der Waals surface area contributed by atoms with Crippen molar-refractivity contribution in [3.8, 4) is 11.5 Å². The van der Waals surface area contributed by atoms with Crippen molar-refractivity contribution < 1.29 is 14.8 Å². The fraction of sp³-hybridized carbons (Fsp3) is 0.200. The first-order valence-corrected chi connectivity index (χ1v) is 6.18. The lowest BCUT2D eigenvalue weighted by Gasteiger charge is -2.09. The van der Waals surface area contributed by atoms with Crippen LogP contribution in [0.25, 0.3) is 0 Å². The van der Waals surface area contributed by atoms with Gasteiger partial charge in [0.2, 0.25) is 5.75 Å². The van der Waals surface area contributed by atoms with E-state index in [1.807, 2.05) is 0 Å². The Bertz CT molecular complexity index is 620. The molecule has 1 atom stereocenters. The highest BCUT2D eigenvalue weighted by Crippen LogP contribution is 2.32. The average Bonchev–Trinajstić information content (AvgIpc) is 2.41. The zero-order valence-electron chi connectivity index (χ0n) is 11.2. The van der Waals surface area contributed by atoms with Gasteiger partial charge in [-0.2, -0.15) is 0 Å². The molecule has 0 saturated heterocycles. The number of aliphatic hydroxyl groups is 1. The minimum absolute atomic E-state index is 0.0652. The Kier molecular flexibility index (Phi) is 4.00. The molecule has 2 aromatic carbocycles. The summed E-state index contributed by atoms with van der Waals surface area (Å²) in [6.07, 6.45) is -0.558. The molecule has 0 heterocycles. The van der Waals surface area contributed by atoms with E-state index in [-0.39, 0.29) is 11.4 Å². The van der Waals surface area contributed by atoms with Gasteiger partial charge in [-0.05, 0) is 43.2 Å². The monoisotopic (exact) mass is 273 g/mol. The predicted octanol–water partition coefficient (Wildman–Crippen LogP) is 3.75. The molecule has 104 valence electrons. The minimum Gasteiger partial charge on any atom is -0.450 e. The molecule has 2 aromatic rings. The maximum absolute atomic E-state index is 11.0. The molecule has 20 heavy (non-hydrogen) atoms. The molecule has 5 nitrogen and oxygen atoms in total. The second kappa shape index (κ2) is 5.71. The SMILES string of the molecule is Cc1ccc(Oc2ccc([C@@H](C)O)cc2)c([N+](=O)[O-])c1. The number of aryl methyl sites for hydroxylation is 1. The number of rotatable bonds is 4. The first kappa shape index (κ1) is 14.0. The first-order valence-electron chi connectivity index (χ1n) is 6.18. The molecular weight excluding hydrogens is 258 g/mol. The van der Waals surface area contributed by atoms with E-state index in [1.165, 1.54) is 6.07 Å². The van der Waals surface area contributed by atoms with E-state index in [0.29, 0.717) is 5.75 Å². The minimum atomic E-state index is -0.558. The Morgan fingerprint density at radius 3 is 2.40 bits per heavy atom. The van der Waals surface area contributed by atoms with Gasteiger partial charge in [-0.25, -0.2) is 0 Å². The summed E-state index contributed by atoms with van der Waals surface area (Å²) in [5.41, 5.74) is 1.49. The van der Waals surface area contributed by atoms with Crippen LogP contribution in [0.3, 0.4) is 0 Å². The van der Waals surface area contributed by atoms with Crippen LogP contribution in [0.15, 0.2) is 42.5 Å². The third-order valence-electron chi connectivity index (χ3n) is 2.90. The van der Waals surface area contributed by atoms with Crippen LogP contribution >= 0.6 is 0 Å². The fourth-order valence-electron chi connectivity index (χ4n) is 1.80. The summed E-state index contributed by atoms with van der Waals surface area (Å²) in [5, 5.41) is 20.4. The van der Waals surface area contributed by atoms with Crippen LogP contribution in [0.5, 0.6) is 11.5 Å². The Morgan fingerprint density at radius 1 is 1.20 bits per heavy atom. The number of hydrogen-bond donors (Lipinski definition) is 1. The van der Waals surface area contributed by atoms with Crippen LogP contribution in [0.1, 0.15) is 24.2 Å². The maximum atomic E-state index is 11.0. The van der Waals surface area contributed by atoms with Gasteiger partial charge in [0.05, 0.1) is 11.0 Å². The number of nitro benzene ring substituents is 1. The van der Waals surface area contributed by atoms with Gasteiger partial charge < -0.3 is 9.84 Å². The van der Waals surface area contributed by atoms with Gasteiger partial charge in [0.25, 0.3) is 0 Å². The molecule has 0 aromatic heterocycles. The Morgan fingerprint density at radius 2 is 1.85 bits per heavy atom. The van der Waals surface area contributed by atoms with Gasteiger partial charge in [0, 0.05) is 6.07 Å². The molecule has 5 heteroatoms. The Balaban J connectivity index is 2.28. The van der Waals surface area contributed by atoms with Crippen LogP contribution < -0.4 is 4.74 Å². The summed E-state index contributed by atoms with van der Waals surface area (Å²) in [6.45, 7) is 3.45. The summed E-state index contributed by atoms with van der Waals surface area (Å²) < 4.78 is 5.54.